The van der Waals surface area contributed by atoms with Crippen molar-refractivity contribution in [3.8, 4) is 0 Å². The van der Waals surface area contributed by atoms with Crippen LogP contribution in [0.25, 0.3) is 0 Å². The Morgan fingerprint density at radius 2 is 2.20 bits per heavy atom. The van der Waals surface area contributed by atoms with Gasteiger partial charge >= 0.3 is 0 Å². The Morgan fingerprint density at radius 1 is 1.35 bits per heavy atom. The molecule has 0 aliphatic carbocycles. The normalized spacial score (nSPS) is 15.4. The van der Waals surface area contributed by atoms with Crippen molar-refractivity contribution in [1.82, 2.24) is 9.88 Å². The Morgan fingerprint density at radius 3 is 2.95 bits per heavy atom. The summed E-state index contributed by atoms with van der Waals surface area (Å²) in [6, 6.07) is 8.05. The van der Waals surface area contributed by atoms with Crippen LogP contribution in [0.3, 0.4) is 0 Å². The van der Waals surface area contributed by atoms with Gasteiger partial charge in [-0.1, -0.05) is 12.1 Å². The van der Waals surface area contributed by atoms with E-state index in [0.717, 1.165) is 12.2 Å². The van der Waals surface area contributed by atoms with E-state index in [4.69, 9.17) is 0 Å². The molecule has 0 unspecified atom stereocenters. The van der Waals surface area contributed by atoms with Gasteiger partial charge in [-0.25, -0.2) is 4.98 Å². The third kappa shape index (κ3) is 3.23. The van der Waals surface area contributed by atoms with Crippen LogP contribution in [0.4, 0.5) is 5.69 Å². The van der Waals surface area contributed by atoms with Gasteiger partial charge in [-0.3, -0.25) is 9.69 Å². The quantitative estimate of drug-likeness (QED) is 0.940. The van der Waals surface area contributed by atoms with E-state index in [1.54, 1.807) is 10.9 Å². The topological polar surface area (TPSA) is 45.2 Å². The van der Waals surface area contributed by atoms with Gasteiger partial charge in [-0.2, -0.15) is 0 Å². The van der Waals surface area contributed by atoms with Crippen LogP contribution >= 0.6 is 11.3 Å². The molecule has 1 aromatic heterocycles. The Balaban J connectivity index is 1.66. The zero-order valence-corrected chi connectivity index (χ0v) is 12.0. The predicted molar refractivity (Wildman–Crippen MR) is 81.0 cm³/mol. The van der Waals surface area contributed by atoms with Crippen molar-refractivity contribution in [2.75, 3.05) is 18.4 Å². The number of aromatic nitrogens is 1. The van der Waals surface area contributed by atoms with Crippen LogP contribution in [-0.2, 0) is 6.54 Å². The highest BCUT2D eigenvalue weighted by molar-refractivity contribution is 7.07. The second-order valence-electron chi connectivity index (χ2n) is 5.01. The first kappa shape index (κ1) is 13.3. The number of anilines is 1. The third-order valence-electron chi connectivity index (χ3n) is 3.45. The maximum atomic E-state index is 12.0. The lowest BCUT2D eigenvalue weighted by Gasteiger charge is -2.15. The van der Waals surface area contributed by atoms with Gasteiger partial charge in [0.05, 0.1) is 5.51 Å². The van der Waals surface area contributed by atoms with Gasteiger partial charge < -0.3 is 5.32 Å². The van der Waals surface area contributed by atoms with Crippen LogP contribution in [0.1, 0.15) is 28.9 Å². The Hall–Kier alpha value is -1.72. The fourth-order valence-corrected chi connectivity index (χ4v) is 3.00. The van der Waals surface area contributed by atoms with Gasteiger partial charge in [0.2, 0.25) is 0 Å². The molecule has 5 heteroatoms. The van der Waals surface area contributed by atoms with Crippen LogP contribution in [0.2, 0.25) is 0 Å². The molecule has 1 aromatic carbocycles. The molecule has 1 N–H and O–H groups in total. The molecule has 104 valence electrons. The van der Waals surface area contributed by atoms with E-state index in [1.165, 1.54) is 42.8 Å². The average Bonchev–Trinajstić information content (AvgIpc) is 3.12. The molecule has 1 amide bonds. The van der Waals surface area contributed by atoms with Crippen molar-refractivity contribution >= 4 is 22.9 Å². The highest BCUT2D eigenvalue weighted by Crippen LogP contribution is 2.16. The summed E-state index contributed by atoms with van der Waals surface area (Å²) in [6.45, 7) is 3.31. The maximum absolute atomic E-state index is 12.0. The fourth-order valence-electron chi connectivity index (χ4n) is 2.47. The molecule has 20 heavy (non-hydrogen) atoms. The summed E-state index contributed by atoms with van der Waals surface area (Å²) in [5.74, 6) is -0.149. The lowest BCUT2D eigenvalue weighted by Crippen LogP contribution is -2.18. The molecule has 4 nitrogen and oxygen atoms in total. The SMILES string of the molecule is O=C(Nc1cccc(CN2CCCC2)c1)c1cscn1. The van der Waals surface area contributed by atoms with Crippen molar-refractivity contribution in [2.24, 2.45) is 0 Å². The van der Waals surface area contributed by atoms with Crippen LogP contribution in [0.5, 0.6) is 0 Å². The monoisotopic (exact) mass is 287 g/mol. The van der Waals surface area contributed by atoms with E-state index in [9.17, 15) is 4.79 Å². The number of amides is 1. The standard InChI is InChI=1S/C15H17N3OS/c19-15(14-10-20-11-16-14)17-13-5-3-4-12(8-13)9-18-6-1-2-7-18/h3-5,8,10-11H,1-2,6-7,9H2,(H,17,19). The number of rotatable bonds is 4. The van der Waals surface area contributed by atoms with Gasteiger partial charge in [-0.05, 0) is 43.6 Å². The van der Waals surface area contributed by atoms with Crippen LogP contribution in [0, 0.1) is 0 Å². The average molecular weight is 287 g/mol. The summed E-state index contributed by atoms with van der Waals surface area (Å²) >= 11 is 1.42. The van der Waals surface area contributed by atoms with Gasteiger partial charge in [-0.15, -0.1) is 11.3 Å². The van der Waals surface area contributed by atoms with Crippen molar-refractivity contribution in [3.05, 3.63) is 46.4 Å². The molecular formula is C15H17N3OS. The summed E-state index contributed by atoms with van der Waals surface area (Å²) in [5, 5.41) is 4.65. The minimum atomic E-state index is -0.149. The molecule has 0 atom stereocenters. The van der Waals surface area contributed by atoms with Crippen molar-refractivity contribution in [2.45, 2.75) is 19.4 Å². The van der Waals surface area contributed by atoms with Gasteiger partial charge in [0, 0.05) is 17.6 Å². The van der Waals surface area contributed by atoms with E-state index >= 15 is 0 Å². The lowest BCUT2D eigenvalue weighted by molar-refractivity contribution is 0.102. The second-order valence-corrected chi connectivity index (χ2v) is 5.73. The number of carbonyl (C=O) groups excluding carboxylic acids is 1. The lowest BCUT2D eigenvalue weighted by atomic mass is 10.2. The molecule has 0 saturated carbocycles. The highest BCUT2D eigenvalue weighted by Gasteiger charge is 2.12. The largest absolute Gasteiger partial charge is 0.321 e. The fraction of sp³-hybridized carbons (Fsp3) is 0.333. The number of nitrogens with zero attached hydrogens (tertiary/aromatic N) is 2. The number of likely N-dealkylation sites (tertiary alicyclic amines) is 1. The van der Waals surface area contributed by atoms with E-state index in [1.807, 2.05) is 18.2 Å². The zero-order valence-electron chi connectivity index (χ0n) is 11.2. The number of hydrogen-bond acceptors (Lipinski definition) is 4. The van der Waals surface area contributed by atoms with E-state index in [-0.39, 0.29) is 5.91 Å². The number of nitrogens with one attached hydrogen (secondary N) is 1. The molecule has 1 aliphatic heterocycles. The second kappa shape index (κ2) is 6.15. The molecule has 1 aliphatic rings. The molecule has 0 spiro atoms. The van der Waals surface area contributed by atoms with Crippen LogP contribution in [0.15, 0.2) is 35.2 Å². The molecule has 1 fully saturated rings. The number of thiazole rings is 1. The molecule has 2 heterocycles. The molecule has 3 rings (SSSR count). The first-order valence-corrected chi connectivity index (χ1v) is 7.76. The first-order chi connectivity index (χ1) is 9.81. The number of benzene rings is 1. The molecule has 0 radical (unpaired) electrons. The van der Waals surface area contributed by atoms with E-state index in [2.05, 4.69) is 21.3 Å². The maximum Gasteiger partial charge on any atom is 0.275 e. The summed E-state index contributed by atoms with van der Waals surface area (Å²) < 4.78 is 0. The number of carbonyl (C=O) groups is 1. The Bertz CT molecular complexity index is 577. The third-order valence-corrected chi connectivity index (χ3v) is 4.04. The summed E-state index contributed by atoms with van der Waals surface area (Å²) in [6.07, 6.45) is 2.58. The van der Waals surface area contributed by atoms with E-state index in [0.29, 0.717) is 5.69 Å². The van der Waals surface area contributed by atoms with Gasteiger partial charge in [0.25, 0.3) is 5.91 Å². The number of hydrogen-bond donors (Lipinski definition) is 1. The molecular weight excluding hydrogens is 270 g/mol. The molecule has 2 aromatic rings. The van der Waals surface area contributed by atoms with Crippen molar-refractivity contribution in [3.63, 3.8) is 0 Å². The summed E-state index contributed by atoms with van der Waals surface area (Å²) in [4.78, 5) is 18.4. The van der Waals surface area contributed by atoms with Crippen molar-refractivity contribution < 1.29 is 4.79 Å². The van der Waals surface area contributed by atoms with Crippen molar-refractivity contribution in [1.29, 1.82) is 0 Å². The first-order valence-electron chi connectivity index (χ1n) is 6.82. The van der Waals surface area contributed by atoms with Gasteiger partial charge in [0.15, 0.2) is 0 Å². The molecule has 0 bridgehead atoms. The van der Waals surface area contributed by atoms with Crippen LogP contribution in [-0.4, -0.2) is 28.9 Å². The summed E-state index contributed by atoms with van der Waals surface area (Å²) in [7, 11) is 0. The highest BCUT2D eigenvalue weighted by atomic mass is 32.1. The minimum Gasteiger partial charge on any atom is -0.321 e. The van der Waals surface area contributed by atoms with E-state index < -0.39 is 0 Å². The minimum absolute atomic E-state index is 0.149. The molecule has 1 saturated heterocycles. The smallest absolute Gasteiger partial charge is 0.275 e. The van der Waals surface area contributed by atoms with Gasteiger partial charge in [0.1, 0.15) is 5.69 Å². The van der Waals surface area contributed by atoms with Crippen LogP contribution < -0.4 is 5.32 Å². The summed E-state index contributed by atoms with van der Waals surface area (Å²) in [5.41, 5.74) is 4.21. The predicted octanol–water partition coefficient (Wildman–Crippen LogP) is 2.99. The zero-order chi connectivity index (χ0) is 13.8. The Kier molecular flexibility index (Phi) is 4.08. The Labute approximate surface area is 122 Å².